The molecule has 2 aromatic rings. The largest absolute Gasteiger partial charge is 0.462 e. The van der Waals surface area contributed by atoms with Crippen molar-refractivity contribution in [2.45, 2.75) is 6.92 Å². The van der Waals surface area contributed by atoms with Gasteiger partial charge in [-0.15, -0.1) is 0 Å². The topological polar surface area (TPSA) is 61.3 Å². The third kappa shape index (κ3) is 3.42. The lowest BCUT2D eigenvalue weighted by molar-refractivity contribution is 0.0522. The molecule has 0 spiro atoms. The maximum absolute atomic E-state index is 11.7. The van der Waals surface area contributed by atoms with Crippen LogP contribution in [0.1, 0.15) is 17.3 Å². The van der Waals surface area contributed by atoms with E-state index < -0.39 is 5.97 Å². The fourth-order valence-corrected chi connectivity index (χ4v) is 1.56. The molecule has 0 aromatic carbocycles. The van der Waals surface area contributed by atoms with E-state index in [9.17, 15) is 4.79 Å². The highest BCUT2D eigenvalue weighted by atomic mass is 35.5. The number of nitrogens with zero attached hydrogens (tertiary/aromatic N) is 2. The maximum atomic E-state index is 11.7. The van der Waals surface area contributed by atoms with Gasteiger partial charge in [0, 0.05) is 18.5 Å². The lowest BCUT2D eigenvalue weighted by Gasteiger charge is -2.08. The Morgan fingerprint density at radius 2 is 2.26 bits per heavy atom. The molecule has 6 heteroatoms. The average molecular weight is 279 g/mol. The van der Waals surface area contributed by atoms with Crippen LogP contribution in [0.5, 0.6) is 11.6 Å². The molecule has 0 bridgehead atoms. The van der Waals surface area contributed by atoms with Crippen molar-refractivity contribution < 1.29 is 14.3 Å². The minimum Gasteiger partial charge on any atom is -0.462 e. The highest BCUT2D eigenvalue weighted by Crippen LogP contribution is 2.24. The van der Waals surface area contributed by atoms with Gasteiger partial charge in [-0.3, -0.25) is 4.98 Å². The Kier molecular flexibility index (Phi) is 4.30. The Hall–Kier alpha value is -2.14. The Balaban J connectivity index is 2.27. The summed E-state index contributed by atoms with van der Waals surface area (Å²) >= 11 is 5.81. The molecule has 0 N–H and O–H groups in total. The minimum atomic E-state index is -0.486. The van der Waals surface area contributed by atoms with Crippen LogP contribution in [0.15, 0.2) is 36.8 Å². The van der Waals surface area contributed by atoms with E-state index in [1.165, 1.54) is 18.6 Å². The summed E-state index contributed by atoms with van der Waals surface area (Å²) < 4.78 is 10.4. The minimum absolute atomic E-state index is 0.157. The van der Waals surface area contributed by atoms with E-state index in [0.717, 1.165) is 0 Å². The van der Waals surface area contributed by atoms with Crippen LogP contribution >= 0.6 is 11.6 Å². The Bertz CT molecular complexity index is 590. The average Bonchev–Trinajstić information content (AvgIpc) is 2.39. The number of halogens is 1. The summed E-state index contributed by atoms with van der Waals surface area (Å²) in [5, 5.41) is 0.436. The normalized spacial score (nSPS) is 10.0. The predicted molar refractivity (Wildman–Crippen MR) is 69.5 cm³/mol. The van der Waals surface area contributed by atoms with E-state index in [1.54, 1.807) is 25.1 Å². The second kappa shape index (κ2) is 6.15. The predicted octanol–water partition coefficient (Wildman–Crippen LogP) is 3.10. The second-order valence-electron chi connectivity index (χ2n) is 3.52. The molecule has 0 aliphatic rings. The van der Waals surface area contributed by atoms with Crippen molar-refractivity contribution in [3.05, 3.63) is 47.4 Å². The number of pyridine rings is 2. The quantitative estimate of drug-likeness (QED) is 0.804. The van der Waals surface area contributed by atoms with E-state index in [0.29, 0.717) is 10.8 Å². The number of rotatable bonds is 4. The molecule has 0 saturated carbocycles. The third-order valence-electron chi connectivity index (χ3n) is 2.16. The van der Waals surface area contributed by atoms with Crippen LogP contribution in [0.4, 0.5) is 0 Å². The van der Waals surface area contributed by atoms with Gasteiger partial charge in [0.2, 0.25) is 5.88 Å². The standard InChI is InChI=1S/C13H11ClN2O3/c1-2-18-13(17)11-4-3-5-16-12(11)19-10-6-9(14)7-15-8-10/h3-8H,2H2,1H3. The molecule has 2 aromatic heterocycles. The van der Waals surface area contributed by atoms with Crippen LogP contribution in [0.2, 0.25) is 5.02 Å². The summed E-state index contributed by atoms with van der Waals surface area (Å²) in [6, 6.07) is 4.80. The summed E-state index contributed by atoms with van der Waals surface area (Å²) in [5.41, 5.74) is 0.254. The Labute approximate surface area is 115 Å². The molecule has 0 atom stereocenters. The lowest BCUT2D eigenvalue weighted by Crippen LogP contribution is -2.07. The van der Waals surface area contributed by atoms with Gasteiger partial charge in [-0.1, -0.05) is 11.6 Å². The molecule has 5 nitrogen and oxygen atoms in total. The summed E-state index contributed by atoms with van der Waals surface area (Å²) in [6.07, 6.45) is 4.49. The molecule has 0 unspecified atom stereocenters. The van der Waals surface area contributed by atoms with Crippen molar-refractivity contribution in [1.29, 1.82) is 0 Å². The number of carbonyl (C=O) groups is 1. The van der Waals surface area contributed by atoms with Gasteiger partial charge in [0.15, 0.2) is 0 Å². The van der Waals surface area contributed by atoms with Crippen LogP contribution in [0, 0.1) is 0 Å². The second-order valence-corrected chi connectivity index (χ2v) is 3.95. The van der Waals surface area contributed by atoms with E-state index in [4.69, 9.17) is 21.1 Å². The van der Waals surface area contributed by atoms with Crippen molar-refractivity contribution in [1.82, 2.24) is 9.97 Å². The monoisotopic (exact) mass is 278 g/mol. The van der Waals surface area contributed by atoms with E-state index in [-0.39, 0.29) is 18.1 Å². The van der Waals surface area contributed by atoms with Gasteiger partial charge >= 0.3 is 5.97 Å². The fourth-order valence-electron chi connectivity index (χ4n) is 1.40. The number of carbonyl (C=O) groups excluding carboxylic acids is 1. The van der Waals surface area contributed by atoms with Crippen LogP contribution < -0.4 is 4.74 Å². The first kappa shape index (κ1) is 13.3. The Morgan fingerprint density at radius 3 is 3.00 bits per heavy atom. The van der Waals surface area contributed by atoms with Gasteiger partial charge in [-0.05, 0) is 19.1 Å². The number of ether oxygens (including phenoxy) is 2. The van der Waals surface area contributed by atoms with Crippen molar-refractivity contribution >= 4 is 17.6 Å². The Morgan fingerprint density at radius 1 is 1.42 bits per heavy atom. The van der Waals surface area contributed by atoms with Crippen molar-refractivity contribution in [3.8, 4) is 11.6 Å². The summed E-state index contributed by atoms with van der Waals surface area (Å²) in [5.74, 6) is 0.0716. The van der Waals surface area contributed by atoms with Gasteiger partial charge in [-0.2, -0.15) is 0 Å². The maximum Gasteiger partial charge on any atom is 0.343 e. The first-order chi connectivity index (χ1) is 9.20. The molecular weight excluding hydrogens is 268 g/mol. The molecule has 0 aliphatic heterocycles. The number of aromatic nitrogens is 2. The van der Waals surface area contributed by atoms with E-state index >= 15 is 0 Å². The summed E-state index contributed by atoms with van der Waals surface area (Å²) in [7, 11) is 0. The highest BCUT2D eigenvalue weighted by molar-refractivity contribution is 6.30. The third-order valence-corrected chi connectivity index (χ3v) is 2.37. The summed E-state index contributed by atoms with van der Waals surface area (Å²) in [6.45, 7) is 2.02. The first-order valence-electron chi connectivity index (χ1n) is 5.61. The van der Waals surface area contributed by atoms with Crippen molar-refractivity contribution in [2.75, 3.05) is 6.61 Å². The number of esters is 1. The molecule has 0 amide bonds. The van der Waals surface area contributed by atoms with Crippen LogP contribution in [0.25, 0.3) is 0 Å². The van der Waals surface area contributed by atoms with E-state index in [1.807, 2.05) is 0 Å². The van der Waals surface area contributed by atoms with Gasteiger partial charge in [0.25, 0.3) is 0 Å². The molecule has 98 valence electrons. The molecule has 0 fully saturated rings. The van der Waals surface area contributed by atoms with Gasteiger partial charge in [0.1, 0.15) is 11.3 Å². The highest BCUT2D eigenvalue weighted by Gasteiger charge is 2.15. The molecular formula is C13H11ClN2O3. The molecule has 2 rings (SSSR count). The van der Waals surface area contributed by atoms with Gasteiger partial charge in [-0.25, -0.2) is 9.78 Å². The molecule has 0 radical (unpaired) electrons. The fraction of sp³-hybridized carbons (Fsp3) is 0.154. The van der Waals surface area contributed by atoms with Crippen LogP contribution in [-0.2, 0) is 4.74 Å². The number of hydrogen-bond donors (Lipinski definition) is 0. The smallest absolute Gasteiger partial charge is 0.343 e. The zero-order chi connectivity index (χ0) is 13.7. The van der Waals surface area contributed by atoms with E-state index in [2.05, 4.69) is 9.97 Å². The zero-order valence-corrected chi connectivity index (χ0v) is 10.9. The number of hydrogen-bond acceptors (Lipinski definition) is 5. The van der Waals surface area contributed by atoms with Crippen LogP contribution in [-0.4, -0.2) is 22.5 Å². The molecule has 0 saturated heterocycles. The molecule has 2 heterocycles. The first-order valence-corrected chi connectivity index (χ1v) is 5.99. The summed E-state index contributed by atoms with van der Waals surface area (Å²) in [4.78, 5) is 19.6. The molecule has 19 heavy (non-hydrogen) atoms. The molecule has 0 aliphatic carbocycles. The van der Waals surface area contributed by atoms with Crippen molar-refractivity contribution in [2.24, 2.45) is 0 Å². The van der Waals surface area contributed by atoms with Crippen molar-refractivity contribution in [3.63, 3.8) is 0 Å². The zero-order valence-electron chi connectivity index (χ0n) is 10.2. The van der Waals surface area contributed by atoms with Crippen LogP contribution in [0.3, 0.4) is 0 Å². The van der Waals surface area contributed by atoms with Gasteiger partial charge < -0.3 is 9.47 Å². The SMILES string of the molecule is CCOC(=O)c1cccnc1Oc1cncc(Cl)c1. The van der Waals surface area contributed by atoms with Gasteiger partial charge in [0.05, 0.1) is 17.8 Å². The lowest BCUT2D eigenvalue weighted by atomic mass is 10.3.